The van der Waals surface area contributed by atoms with Crippen molar-refractivity contribution >= 4 is 17.8 Å². The highest BCUT2D eigenvalue weighted by molar-refractivity contribution is 5.83. The van der Waals surface area contributed by atoms with Crippen molar-refractivity contribution in [1.29, 1.82) is 0 Å². The van der Waals surface area contributed by atoms with Gasteiger partial charge in [-0.15, -0.1) is 0 Å². The highest BCUT2D eigenvalue weighted by Crippen LogP contribution is 2.06. The molecular weight excluding hydrogens is 188 g/mol. The minimum Gasteiger partial charge on any atom is -0.481 e. The lowest BCUT2D eigenvalue weighted by Crippen LogP contribution is -2.31. The minimum absolute atomic E-state index is 0.464. The SMILES string of the molecule is O=C(O)CC(Nc1ccc[nH]1)C(=O)O. The zero-order valence-electron chi connectivity index (χ0n) is 7.23. The molecule has 0 aliphatic rings. The first kappa shape index (κ1) is 10.1. The first-order chi connectivity index (χ1) is 6.59. The number of rotatable bonds is 5. The van der Waals surface area contributed by atoms with Crippen molar-refractivity contribution < 1.29 is 19.8 Å². The summed E-state index contributed by atoms with van der Waals surface area (Å²) in [5, 5.41) is 19.7. The molecule has 0 aliphatic heterocycles. The van der Waals surface area contributed by atoms with Crippen LogP contribution in [0.4, 0.5) is 5.82 Å². The van der Waals surface area contributed by atoms with Crippen LogP contribution in [0.15, 0.2) is 18.3 Å². The Balaban J connectivity index is 2.60. The van der Waals surface area contributed by atoms with Gasteiger partial charge in [0, 0.05) is 6.20 Å². The topological polar surface area (TPSA) is 102 Å². The van der Waals surface area contributed by atoms with Crippen LogP contribution in [-0.4, -0.2) is 33.2 Å². The second-order valence-electron chi connectivity index (χ2n) is 2.72. The van der Waals surface area contributed by atoms with Gasteiger partial charge in [-0.3, -0.25) is 4.79 Å². The molecule has 0 amide bonds. The first-order valence-corrected chi connectivity index (χ1v) is 3.94. The van der Waals surface area contributed by atoms with Crippen molar-refractivity contribution in [3.05, 3.63) is 18.3 Å². The van der Waals surface area contributed by atoms with Crippen LogP contribution >= 0.6 is 0 Å². The zero-order valence-corrected chi connectivity index (χ0v) is 7.23. The van der Waals surface area contributed by atoms with Gasteiger partial charge in [-0.05, 0) is 12.1 Å². The van der Waals surface area contributed by atoms with E-state index in [1.54, 1.807) is 18.3 Å². The predicted octanol–water partition coefficient (Wildman–Crippen LogP) is 0.355. The van der Waals surface area contributed by atoms with Crippen molar-refractivity contribution in [3.8, 4) is 0 Å². The summed E-state index contributed by atoms with van der Waals surface area (Å²) in [6.45, 7) is 0. The van der Waals surface area contributed by atoms with Gasteiger partial charge in [0.25, 0.3) is 0 Å². The predicted molar refractivity (Wildman–Crippen MR) is 48.1 cm³/mol. The summed E-state index contributed by atoms with van der Waals surface area (Å²) in [5.74, 6) is -1.86. The van der Waals surface area contributed by atoms with E-state index in [1.165, 1.54) is 0 Å². The molecule has 6 nitrogen and oxygen atoms in total. The monoisotopic (exact) mass is 198 g/mol. The number of carboxylic acid groups (broad SMARTS) is 2. The number of aromatic nitrogens is 1. The van der Waals surface area contributed by atoms with Crippen molar-refractivity contribution in [3.63, 3.8) is 0 Å². The molecule has 0 bridgehead atoms. The standard InChI is InChI=1S/C8H10N2O4/c11-7(12)4-5(8(13)14)10-6-2-1-3-9-6/h1-3,5,9-10H,4H2,(H,11,12)(H,13,14). The highest BCUT2D eigenvalue weighted by Gasteiger charge is 2.20. The van der Waals surface area contributed by atoms with Gasteiger partial charge in [0.05, 0.1) is 6.42 Å². The molecular formula is C8H10N2O4. The smallest absolute Gasteiger partial charge is 0.326 e. The van der Waals surface area contributed by atoms with Crippen molar-refractivity contribution in [2.75, 3.05) is 5.32 Å². The summed E-state index contributed by atoms with van der Waals surface area (Å²) < 4.78 is 0. The molecule has 6 heteroatoms. The van der Waals surface area contributed by atoms with E-state index in [-0.39, 0.29) is 0 Å². The second kappa shape index (κ2) is 4.31. The Morgan fingerprint density at radius 2 is 2.21 bits per heavy atom. The molecule has 0 radical (unpaired) electrons. The van der Waals surface area contributed by atoms with Gasteiger partial charge >= 0.3 is 11.9 Å². The quantitative estimate of drug-likeness (QED) is 0.546. The summed E-state index contributed by atoms with van der Waals surface area (Å²) in [7, 11) is 0. The number of H-pyrrole nitrogens is 1. The molecule has 1 aromatic heterocycles. The van der Waals surface area contributed by atoms with Gasteiger partial charge in [-0.25, -0.2) is 4.79 Å². The molecule has 1 rings (SSSR count). The van der Waals surface area contributed by atoms with Crippen LogP contribution in [0.5, 0.6) is 0 Å². The number of anilines is 1. The van der Waals surface area contributed by atoms with Crippen LogP contribution in [0.25, 0.3) is 0 Å². The van der Waals surface area contributed by atoms with E-state index in [0.717, 1.165) is 0 Å². The van der Waals surface area contributed by atoms with E-state index in [9.17, 15) is 9.59 Å². The molecule has 0 saturated carbocycles. The lowest BCUT2D eigenvalue weighted by atomic mass is 10.2. The van der Waals surface area contributed by atoms with Gasteiger partial charge in [-0.2, -0.15) is 0 Å². The molecule has 0 fully saturated rings. The van der Waals surface area contributed by atoms with Crippen molar-refractivity contribution in [2.45, 2.75) is 12.5 Å². The van der Waals surface area contributed by atoms with E-state index in [0.29, 0.717) is 5.82 Å². The fraction of sp³-hybridized carbons (Fsp3) is 0.250. The largest absolute Gasteiger partial charge is 0.481 e. The molecule has 1 aromatic rings. The molecule has 4 N–H and O–H groups in total. The Kier molecular flexibility index (Phi) is 3.11. The van der Waals surface area contributed by atoms with Gasteiger partial charge in [-0.1, -0.05) is 0 Å². The zero-order chi connectivity index (χ0) is 10.6. The summed E-state index contributed by atoms with van der Waals surface area (Å²) in [4.78, 5) is 23.7. The fourth-order valence-electron chi connectivity index (χ4n) is 0.983. The lowest BCUT2D eigenvalue weighted by molar-refractivity contribution is -0.144. The number of carboxylic acids is 2. The number of hydrogen-bond donors (Lipinski definition) is 4. The number of carbonyl (C=O) groups is 2. The van der Waals surface area contributed by atoms with Gasteiger partial charge < -0.3 is 20.5 Å². The molecule has 1 atom stereocenters. The normalized spacial score (nSPS) is 12.0. The third kappa shape index (κ3) is 2.81. The average Bonchev–Trinajstić information content (AvgIpc) is 2.54. The van der Waals surface area contributed by atoms with Crippen LogP contribution in [0.1, 0.15) is 6.42 Å². The van der Waals surface area contributed by atoms with Crippen molar-refractivity contribution in [1.82, 2.24) is 4.98 Å². The van der Waals surface area contributed by atoms with E-state index in [1.807, 2.05) is 0 Å². The maximum atomic E-state index is 10.6. The molecule has 0 saturated heterocycles. The molecule has 1 heterocycles. The van der Waals surface area contributed by atoms with Gasteiger partial charge in [0.2, 0.25) is 0 Å². The van der Waals surface area contributed by atoms with Crippen LogP contribution in [0.2, 0.25) is 0 Å². The second-order valence-corrected chi connectivity index (χ2v) is 2.72. The summed E-state index contributed by atoms with van der Waals surface area (Å²) >= 11 is 0. The van der Waals surface area contributed by atoms with Crippen molar-refractivity contribution in [2.24, 2.45) is 0 Å². The summed E-state index contributed by atoms with van der Waals surface area (Å²) in [6.07, 6.45) is 1.15. The lowest BCUT2D eigenvalue weighted by Gasteiger charge is -2.11. The Bertz CT molecular complexity index is 320. The number of nitrogens with one attached hydrogen (secondary N) is 2. The fourth-order valence-corrected chi connectivity index (χ4v) is 0.983. The maximum Gasteiger partial charge on any atom is 0.326 e. The maximum absolute atomic E-state index is 10.6. The molecule has 76 valence electrons. The highest BCUT2D eigenvalue weighted by atomic mass is 16.4. The van der Waals surface area contributed by atoms with Gasteiger partial charge in [0.1, 0.15) is 11.9 Å². The molecule has 0 spiro atoms. The van der Waals surface area contributed by atoms with Crippen LogP contribution < -0.4 is 5.32 Å². The molecule has 1 unspecified atom stereocenters. The molecule has 0 aliphatic carbocycles. The van der Waals surface area contributed by atoms with E-state index in [2.05, 4.69) is 10.3 Å². The van der Waals surface area contributed by atoms with Crippen LogP contribution in [0, 0.1) is 0 Å². The first-order valence-electron chi connectivity index (χ1n) is 3.94. The van der Waals surface area contributed by atoms with Crippen LogP contribution in [0.3, 0.4) is 0 Å². The van der Waals surface area contributed by atoms with E-state index in [4.69, 9.17) is 10.2 Å². The Morgan fingerprint density at radius 1 is 1.50 bits per heavy atom. The Labute approximate surface area is 79.6 Å². The summed E-state index contributed by atoms with van der Waals surface area (Å²) in [5.41, 5.74) is 0. The molecule has 14 heavy (non-hydrogen) atoms. The van der Waals surface area contributed by atoms with E-state index >= 15 is 0 Å². The van der Waals surface area contributed by atoms with Gasteiger partial charge in [0.15, 0.2) is 0 Å². The number of aliphatic carboxylic acids is 2. The van der Waals surface area contributed by atoms with Crippen LogP contribution in [-0.2, 0) is 9.59 Å². The summed E-state index contributed by atoms with van der Waals surface area (Å²) in [6, 6.07) is 2.19. The molecule has 0 aromatic carbocycles. The average molecular weight is 198 g/mol. The minimum atomic E-state index is -1.19. The van der Waals surface area contributed by atoms with E-state index < -0.39 is 24.4 Å². The number of aromatic amines is 1. The third-order valence-corrected chi connectivity index (χ3v) is 1.60. The third-order valence-electron chi connectivity index (χ3n) is 1.60. The Morgan fingerprint density at radius 3 is 2.64 bits per heavy atom. The number of hydrogen-bond acceptors (Lipinski definition) is 3. The Hall–Kier alpha value is -1.98.